The van der Waals surface area contributed by atoms with Gasteiger partial charge >= 0.3 is 0 Å². The minimum atomic E-state index is -1.10. The fraction of sp³-hybridized carbons (Fsp3) is 0.875. The fourth-order valence-corrected chi connectivity index (χ4v) is 0.785. The molecule has 11 heavy (non-hydrogen) atoms. The standard InChI is InChI=1S/C8H17O3/c1-5-9-8(4,10-6-2)11-7-3/h4-7H2,1-3H3. The van der Waals surface area contributed by atoms with Crippen LogP contribution >= 0.6 is 0 Å². The quantitative estimate of drug-likeness (QED) is 0.553. The molecule has 0 unspecified atom stereocenters. The largest absolute Gasteiger partial charge is 0.328 e. The molecule has 0 aromatic heterocycles. The van der Waals surface area contributed by atoms with Crippen LogP contribution in [0, 0.1) is 6.92 Å². The van der Waals surface area contributed by atoms with E-state index < -0.39 is 5.97 Å². The first kappa shape index (κ1) is 10.9. The van der Waals surface area contributed by atoms with Crippen molar-refractivity contribution in [2.75, 3.05) is 19.8 Å². The molecular formula is C8H17O3. The molecule has 0 aromatic rings. The van der Waals surface area contributed by atoms with Crippen LogP contribution in [-0.4, -0.2) is 25.8 Å². The monoisotopic (exact) mass is 161 g/mol. The van der Waals surface area contributed by atoms with Crippen molar-refractivity contribution in [2.24, 2.45) is 0 Å². The third-order valence-electron chi connectivity index (χ3n) is 1.09. The van der Waals surface area contributed by atoms with Gasteiger partial charge in [-0.2, -0.15) is 0 Å². The van der Waals surface area contributed by atoms with Gasteiger partial charge in [0.1, 0.15) is 0 Å². The van der Waals surface area contributed by atoms with E-state index in [0.29, 0.717) is 19.8 Å². The zero-order valence-corrected chi connectivity index (χ0v) is 7.55. The van der Waals surface area contributed by atoms with Crippen molar-refractivity contribution >= 4 is 0 Å². The summed E-state index contributed by atoms with van der Waals surface area (Å²) in [7, 11) is 0. The summed E-state index contributed by atoms with van der Waals surface area (Å²) in [6, 6.07) is 0. The average molecular weight is 161 g/mol. The Kier molecular flexibility index (Phi) is 5.46. The predicted octanol–water partition coefficient (Wildman–Crippen LogP) is 1.58. The maximum Gasteiger partial charge on any atom is 0.283 e. The van der Waals surface area contributed by atoms with Gasteiger partial charge in [-0.05, 0) is 20.8 Å². The van der Waals surface area contributed by atoms with E-state index in [2.05, 4.69) is 6.92 Å². The van der Waals surface area contributed by atoms with Crippen LogP contribution < -0.4 is 0 Å². The molecule has 0 fully saturated rings. The van der Waals surface area contributed by atoms with Gasteiger partial charge in [0, 0.05) is 26.7 Å². The average Bonchev–Trinajstić information content (AvgIpc) is 1.88. The molecule has 0 saturated heterocycles. The molecule has 0 bridgehead atoms. The maximum atomic E-state index is 5.15. The van der Waals surface area contributed by atoms with Gasteiger partial charge in [0.15, 0.2) is 0 Å². The number of hydrogen-bond acceptors (Lipinski definition) is 3. The number of ether oxygens (including phenoxy) is 3. The van der Waals surface area contributed by atoms with Crippen molar-refractivity contribution in [1.29, 1.82) is 0 Å². The van der Waals surface area contributed by atoms with Gasteiger partial charge in [-0.3, -0.25) is 0 Å². The first-order chi connectivity index (χ1) is 5.18. The third kappa shape index (κ3) is 4.35. The molecule has 0 atom stereocenters. The van der Waals surface area contributed by atoms with E-state index in [1.54, 1.807) is 0 Å². The predicted molar refractivity (Wildman–Crippen MR) is 43.0 cm³/mol. The number of hydrogen-bond donors (Lipinski definition) is 0. The van der Waals surface area contributed by atoms with E-state index in [0.717, 1.165) is 0 Å². The van der Waals surface area contributed by atoms with Gasteiger partial charge in [-0.1, -0.05) is 0 Å². The lowest BCUT2D eigenvalue weighted by atomic mass is 10.6. The van der Waals surface area contributed by atoms with Gasteiger partial charge in [0.05, 0.1) is 0 Å². The minimum Gasteiger partial charge on any atom is -0.328 e. The second kappa shape index (κ2) is 5.52. The zero-order valence-electron chi connectivity index (χ0n) is 7.55. The molecule has 3 nitrogen and oxygen atoms in total. The summed E-state index contributed by atoms with van der Waals surface area (Å²) in [4.78, 5) is 0. The highest BCUT2D eigenvalue weighted by Gasteiger charge is 2.24. The topological polar surface area (TPSA) is 27.7 Å². The van der Waals surface area contributed by atoms with E-state index in [-0.39, 0.29) is 0 Å². The Morgan fingerprint density at radius 2 is 1.18 bits per heavy atom. The van der Waals surface area contributed by atoms with Crippen molar-refractivity contribution in [3.63, 3.8) is 0 Å². The lowest BCUT2D eigenvalue weighted by Gasteiger charge is -2.27. The molecule has 0 rings (SSSR count). The summed E-state index contributed by atoms with van der Waals surface area (Å²) in [5, 5.41) is 0. The van der Waals surface area contributed by atoms with Gasteiger partial charge in [-0.15, -0.1) is 0 Å². The third-order valence-corrected chi connectivity index (χ3v) is 1.09. The molecule has 67 valence electrons. The summed E-state index contributed by atoms with van der Waals surface area (Å²) >= 11 is 0. The first-order valence-corrected chi connectivity index (χ1v) is 3.95. The second-order valence-electron chi connectivity index (χ2n) is 1.98. The van der Waals surface area contributed by atoms with Gasteiger partial charge in [0.25, 0.3) is 5.97 Å². The van der Waals surface area contributed by atoms with Crippen molar-refractivity contribution in [3.05, 3.63) is 6.92 Å². The Labute approximate surface area is 68.6 Å². The van der Waals surface area contributed by atoms with Crippen LogP contribution in [0.4, 0.5) is 0 Å². The molecule has 0 aliphatic carbocycles. The summed E-state index contributed by atoms with van der Waals surface area (Å²) in [6.45, 7) is 10.9. The van der Waals surface area contributed by atoms with Crippen molar-refractivity contribution < 1.29 is 14.2 Å². The zero-order chi connectivity index (χ0) is 8.74. The van der Waals surface area contributed by atoms with Crippen LogP contribution in [-0.2, 0) is 14.2 Å². The summed E-state index contributed by atoms with van der Waals surface area (Å²) < 4.78 is 15.5. The summed E-state index contributed by atoms with van der Waals surface area (Å²) in [6.07, 6.45) is 0. The Morgan fingerprint density at radius 1 is 0.909 bits per heavy atom. The van der Waals surface area contributed by atoms with E-state index in [9.17, 15) is 0 Å². The Balaban J connectivity index is 3.79. The van der Waals surface area contributed by atoms with Crippen LogP contribution in [0.25, 0.3) is 0 Å². The summed E-state index contributed by atoms with van der Waals surface area (Å²) in [5.74, 6) is -1.10. The van der Waals surface area contributed by atoms with E-state index >= 15 is 0 Å². The lowest BCUT2D eigenvalue weighted by molar-refractivity contribution is -0.348. The molecular weight excluding hydrogens is 144 g/mol. The lowest BCUT2D eigenvalue weighted by Crippen LogP contribution is -2.36. The highest BCUT2D eigenvalue weighted by Crippen LogP contribution is 2.12. The smallest absolute Gasteiger partial charge is 0.283 e. The SMILES string of the molecule is [CH2]C(OCC)(OCC)OCC. The van der Waals surface area contributed by atoms with Crippen LogP contribution in [0.15, 0.2) is 0 Å². The van der Waals surface area contributed by atoms with Crippen molar-refractivity contribution in [1.82, 2.24) is 0 Å². The Hall–Kier alpha value is -0.120. The molecule has 0 aromatic carbocycles. The molecule has 1 radical (unpaired) electrons. The molecule has 0 heterocycles. The van der Waals surface area contributed by atoms with Crippen molar-refractivity contribution in [3.8, 4) is 0 Å². The molecule has 0 amide bonds. The normalized spacial score (nSPS) is 12.0. The van der Waals surface area contributed by atoms with Gasteiger partial charge in [-0.25, -0.2) is 0 Å². The molecule has 0 saturated carbocycles. The molecule has 0 spiro atoms. The highest BCUT2D eigenvalue weighted by molar-refractivity contribution is 4.58. The molecule has 3 heteroatoms. The second-order valence-corrected chi connectivity index (χ2v) is 1.98. The first-order valence-electron chi connectivity index (χ1n) is 3.95. The van der Waals surface area contributed by atoms with Crippen LogP contribution in [0.3, 0.4) is 0 Å². The van der Waals surface area contributed by atoms with Crippen LogP contribution in [0.5, 0.6) is 0 Å². The fourth-order valence-electron chi connectivity index (χ4n) is 0.785. The van der Waals surface area contributed by atoms with Crippen LogP contribution in [0.1, 0.15) is 20.8 Å². The summed E-state index contributed by atoms with van der Waals surface area (Å²) in [5.41, 5.74) is 0. The molecule has 0 aliphatic rings. The Bertz CT molecular complexity index is 76.3. The van der Waals surface area contributed by atoms with Gasteiger partial charge < -0.3 is 14.2 Å². The van der Waals surface area contributed by atoms with Gasteiger partial charge in [0.2, 0.25) is 0 Å². The van der Waals surface area contributed by atoms with Crippen molar-refractivity contribution in [2.45, 2.75) is 26.7 Å². The highest BCUT2D eigenvalue weighted by atomic mass is 16.9. The molecule has 0 N–H and O–H groups in total. The minimum absolute atomic E-state index is 0.531. The van der Waals surface area contributed by atoms with E-state index in [1.807, 2.05) is 20.8 Å². The van der Waals surface area contributed by atoms with E-state index in [1.165, 1.54) is 0 Å². The number of rotatable bonds is 6. The van der Waals surface area contributed by atoms with Crippen LogP contribution in [0.2, 0.25) is 0 Å². The van der Waals surface area contributed by atoms with E-state index in [4.69, 9.17) is 14.2 Å². The maximum absolute atomic E-state index is 5.15. The molecule has 0 aliphatic heterocycles. The Morgan fingerprint density at radius 3 is 1.36 bits per heavy atom.